The van der Waals surface area contributed by atoms with Gasteiger partial charge in [-0.05, 0) is 29.3 Å². The molecule has 1 atom stereocenters. The molecule has 0 saturated heterocycles. The van der Waals surface area contributed by atoms with Crippen LogP contribution >= 0.6 is 11.8 Å². The Morgan fingerprint density at radius 1 is 1.29 bits per heavy atom. The number of hydrogen-bond donors (Lipinski definition) is 2. The number of halogens is 1. The van der Waals surface area contributed by atoms with Crippen molar-refractivity contribution in [2.45, 2.75) is 23.2 Å². The minimum atomic E-state index is -0.532. The molecule has 1 amide bonds. The highest BCUT2D eigenvalue weighted by atomic mass is 32.2. The van der Waals surface area contributed by atoms with Crippen molar-refractivity contribution in [1.82, 2.24) is 9.55 Å². The van der Waals surface area contributed by atoms with E-state index in [1.807, 2.05) is 0 Å². The third-order valence-electron chi connectivity index (χ3n) is 5.22. The second-order valence-electron chi connectivity index (χ2n) is 7.14. The van der Waals surface area contributed by atoms with E-state index in [9.17, 15) is 19.1 Å². The monoisotopic (exact) mass is 441 g/mol. The maximum absolute atomic E-state index is 13.9. The van der Waals surface area contributed by atoms with Gasteiger partial charge in [0.2, 0.25) is 5.91 Å². The SMILES string of the molecule is COc1cc(C2CC(=O)Nc3c2c(=O)nc(SCc2ccccc2F)n3C)ccc1O. The number of aromatic nitrogens is 2. The Morgan fingerprint density at radius 2 is 2.06 bits per heavy atom. The smallest absolute Gasteiger partial charge is 0.279 e. The number of carbonyl (C=O) groups excluding carboxylic acids is 1. The fraction of sp³-hybridized carbons (Fsp3) is 0.227. The normalized spacial score (nSPS) is 15.3. The summed E-state index contributed by atoms with van der Waals surface area (Å²) in [6, 6.07) is 11.2. The molecule has 1 aliphatic rings. The van der Waals surface area contributed by atoms with Crippen LogP contribution in [0.2, 0.25) is 0 Å². The first-order valence-corrected chi connectivity index (χ1v) is 10.5. The van der Waals surface area contributed by atoms with Gasteiger partial charge in [0.25, 0.3) is 5.56 Å². The number of ether oxygens (including phenoxy) is 1. The lowest BCUT2D eigenvalue weighted by Crippen LogP contribution is -2.33. The number of nitrogens with one attached hydrogen (secondary N) is 1. The number of fused-ring (bicyclic) bond motifs is 1. The predicted octanol–water partition coefficient (Wildman–Crippen LogP) is 3.40. The Morgan fingerprint density at radius 3 is 2.81 bits per heavy atom. The highest BCUT2D eigenvalue weighted by Crippen LogP contribution is 2.39. The lowest BCUT2D eigenvalue weighted by molar-refractivity contribution is -0.116. The Hall–Kier alpha value is -3.33. The van der Waals surface area contributed by atoms with Crippen molar-refractivity contribution in [2.24, 2.45) is 7.05 Å². The van der Waals surface area contributed by atoms with E-state index in [2.05, 4.69) is 10.3 Å². The van der Waals surface area contributed by atoms with E-state index in [1.165, 1.54) is 31.0 Å². The van der Waals surface area contributed by atoms with Gasteiger partial charge in [-0.15, -0.1) is 0 Å². The Bertz CT molecular complexity index is 1230. The van der Waals surface area contributed by atoms with Gasteiger partial charge in [-0.2, -0.15) is 4.98 Å². The van der Waals surface area contributed by atoms with E-state index in [0.29, 0.717) is 27.7 Å². The molecular weight excluding hydrogens is 421 g/mol. The van der Waals surface area contributed by atoms with Crippen molar-refractivity contribution in [2.75, 3.05) is 12.4 Å². The number of aromatic hydroxyl groups is 1. The van der Waals surface area contributed by atoms with Gasteiger partial charge in [0.05, 0.1) is 12.7 Å². The van der Waals surface area contributed by atoms with Crippen LogP contribution < -0.4 is 15.6 Å². The zero-order valence-corrected chi connectivity index (χ0v) is 17.7. The summed E-state index contributed by atoms with van der Waals surface area (Å²) < 4.78 is 20.7. The van der Waals surface area contributed by atoms with E-state index in [1.54, 1.807) is 41.9 Å². The summed E-state index contributed by atoms with van der Waals surface area (Å²) in [4.78, 5) is 29.6. The van der Waals surface area contributed by atoms with Gasteiger partial charge >= 0.3 is 0 Å². The van der Waals surface area contributed by atoms with Gasteiger partial charge in [0, 0.05) is 25.1 Å². The quantitative estimate of drug-likeness (QED) is 0.466. The molecule has 2 aromatic carbocycles. The van der Waals surface area contributed by atoms with Gasteiger partial charge in [0.15, 0.2) is 16.7 Å². The average Bonchev–Trinajstić information content (AvgIpc) is 2.76. The van der Waals surface area contributed by atoms with Crippen LogP contribution in [0.25, 0.3) is 0 Å². The molecule has 2 heterocycles. The van der Waals surface area contributed by atoms with Crippen molar-refractivity contribution < 1.29 is 19.0 Å². The molecular formula is C22H20FN3O4S. The molecule has 2 N–H and O–H groups in total. The molecule has 7 nitrogen and oxygen atoms in total. The molecule has 0 saturated carbocycles. The molecule has 9 heteroatoms. The van der Waals surface area contributed by atoms with Crippen molar-refractivity contribution >= 4 is 23.5 Å². The van der Waals surface area contributed by atoms with E-state index >= 15 is 0 Å². The molecule has 4 rings (SSSR count). The van der Waals surface area contributed by atoms with E-state index in [-0.39, 0.29) is 35.4 Å². The summed E-state index contributed by atoms with van der Waals surface area (Å²) in [5, 5.41) is 13.0. The average molecular weight is 441 g/mol. The lowest BCUT2D eigenvalue weighted by atomic mass is 9.86. The fourth-order valence-electron chi connectivity index (χ4n) is 3.62. The van der Waals surface area contributed by atoms with Crippen LogP contribution in [0.3, 0.4) is 0 Å². The minimum Gasteiger partial charge on any atom is -0.504 e. The van der Waals surface area contributed by atoms with Crippen LogP contribution in [0.4, 0.5) is 10.2 Å². The molecule has 1 aliphatic heterocycles. The van der Waals surface area contributed by atoms with E-state index in [4.69, 9.17) is 4.74 Å². The predicted molar refractivity (Wildman–Crippen MR) is 115 cm³/mol. The maximum Gasteiger partial charge on any atom is 0.279 e. The van der Waals surface area contributed by atoms with Gasteiger partial charge in [-0.1, -0.05) is 36.0 Å². The summed E-state index contributed by atoms with van der Waals surface area (Å²) in [5.74, 6) is -0.217. The number of thioether (sulfide) groups is 1. The number of benzene rings is 2. The van der Waals surface area contributed by atoms with Crippen LogP contribution in [0, 0.1) is 5.82 Å². The summed E-state index contributed by atoms with van der Waals surface area (Å²) >= 11 is 1.22. The van der Waals surface area contributed by atoms with Crippen LogP contribution in [0.5, 0.6) is 11.5 Å². The highest BCUT2D eigenvalue weighted by Gasteiger charge is 2.32. The second-order valence-corrected chi connectivity index (χ2v) is 8.08. The number of phenolic OH excluding ortho intramolecular Hbond substituents is 1. The molecule has 31 heavy (non-hydrogen) atoms. The van der Waals surface area contributed by atoms with Gasteiger partial charge in [-0.3, -0.25) is 9.59 Å². The number of hydrogen-bond acceptors (Lipinski definition) is 6. The summed E-state index contributed by atoms with van der Waals surface area (Å²) in [6.45, 7) is 0. The van der Waals surface area contributed by atoms with Gasteiger partial charge < -0.3 is 19.7 Å². The van der Waals surface area contributed by atoms with Crippen LogP contribution in [0.1, 0.15) is 29.0 Å². The molecule has 160 valence electrons. The first kappa shape index (κ1) is 20.9. The molecule has 1 unspecified atom stereocenters. The van der Waals surface area contributed by atoms with Crippen molar-refractivity contribution in [3.8, 4) is 11.5 Å². The number of rotatable bonds is 5. The lowest BCUT2D eigenvalue weighted by Gasteiger charge is -2.27. The molecule has 3 aromatic rings. The largest absolute Gasteiger partial charge is 0.504 e. The zero-order valence-electron chi connectivity index (χ0n) is 16.9. The van der Waals surface area contributed by atoms with Crippen molar-refractivity contribution in [3.63, 3.8) is 0 Å². The van der Waals surface area contributed by atoms with Gasteiger partial charge in [0.1, 0.15) is 11.6 Å². The van der Waals surface area contributed by atoms with Crippen LogP contribution in [-0.2, 0) is 17.6 Å². The number of methoxy groups -OCH3 is 1. The fourth-order valence-corrected chi connectivity index (χ4v) is 4.57. The minimum absolute atomic E-state index is 0.0299. The third-order valence-corrected chi connectivity index (χ3v) is 6.30. The zero-order chi connectivity index (χ0) is 22.1. The molecule has 0 radical (unpaired) electrons. The number of amides is 1. The molecule has 1 aromatic heterocycles. The van der Waals surface area contributed by atoms with Gasteiger partial charge in [-0.25, -0.2) is 4.39 Å². The standard InChI is InChI=1S/C22H20FN3O4S/c1-26-20-19(21(29)25-22(26)31-11-13-5-3-4-6-15(13)23)14(10-18(28)24-20)12-7-8-16(27)17(9-12)30-2/h3-9,14,27H,10-11H2,1-2H3,(H,24,28). The summed E-state index contributed by atoms with van der Waals surface area (Å²) in [5.41, 5.74) is 1.07. The molecule has 0 bridgehead atoms. The first-order valence-electron chi connectivity index (χ1n) is 9.53. The Labute approximate surface area is 181 Å². The topological polar surface area (TPSA) is 93.5 Å². The van der Waals surface area contributed by atoms with Crippen molar-refractivity contribution in [1.29, 1.82) is 0 Å². The number of phenols is 1. The van der Waals surface area contributed by atoms with E-state index < -0.39 is 11.5 Å². The third kappa shape index (κ3) is 4.00. The number of nitrogens with zero attached hydrogens (tertiary/aromatic N) is 2. The number of anilines is 1. The Kier molecular flexibility index (Phi) is 5.69. The second kappa shape index (κ2) is 8.43. The highest BCUT2D eigenvalue weighted by molar-refractivity contribution is 7.98. The molecule has 0 aliphatic carbocycles. The first-order chi connectivity index (χ1) is 14.9. The molecule has 0 spiro atoms. The summed E-state index contributed by atoms with van der Waals surface area (Å²) in [7, 11) is 3.13. The Balaban J connectivity index is 1.74. The summed E-state index contributed by atoms with van der Waals surface area (Å²) in [6.07, 6.45) is 0.0690. The number of carbonyl (C=O) groups is 1. The maximum atomic E-state index is 13.9. The van der Waals surface area contributed by atoms with Crippen molar-refractivity contribution in [3.05, 3.63) is 75.3 Å². The van der Waals surface area contributed by atoms with Crippen LogP contribution in [0.15, 0.2) is 52.4 Å². The van der Waals surface area contributed by atoms with E-state index in [0.717, 1.165) is 0 Å². The molecule has 0 fully saturated rings. The van der Waals surface area contributed by atoms with Crippen LogP contribution in [-0.4, -0.2) is 27.7 Å².